The fourth-order valence-corrected chi connectivity index (χ4v) is 5.07. The Hall–Kier alpha value is -4.41. The van der Waals surface area contributed by atoms with Crippen molar-refractivity contribution in [2.75, 3.05) is 0 Å². The lowest BCUT2D eigenvalue weighted by Gasteiger charge is -2.19. The molecule has 0 aliphatic rings. The highest BCUT2D eigenvalue weighted by Crippen LogP contribution is 2.29. The van der Waals surface area contributed by atoms with Crippen LogP contribution >= 0.6 is 22.9 Å². The van der Waals surface area contributed by atoms with Crippen molar-refractivity contribution in [1.82, 2.24) is 25.5 Å². The van der Waals surface area contributed by atoms with Crippen molar-refractivity contribution in [1.29, 1.82) is 0 Å². The van der Waals surface area contributed by atoms with Crippen molar-refractivity contribution in [3.63, 3.8) is 0 Å². The first-order chi connectivity index (χ1) is 18.4. The van der Waals surface area contributed by atoms with E-state index >= 15 is 0 Å². The number of hydrogen-bond donors (Lipinski definition) is 1. The second-order valence-corrected chi connectivity index (χ2v) is 10.0. The molecule has 0 saturated carbocycles. The van der Waals surface area contributed by atoms with Crippen LogP contribution in [0.5, 0.6) is 0 Å². The minimum absolute atomic E-state index is 0.107. The fourth-order valence-electron chi connectivity index (χ4n) is 4.09. The molecular formula is C27H21ClN6O3S. The zero-order valence-corrected chi connectivity index (χ0v) is 21.7. The molecule has 3 aromatic heterocycles. The van der Waals surface area contributed by atoms with Crippen LogP contribution in [-0.4, -0.2) is 31.9 Å². The summed E-state index contributed by atoms with van der Waals surface area (Å²) >= 11 is 7.38. The summed E-state index contributed by atoms with van der Waals surface area (Å²) < 4.78 is 2.24. The minimum Gasteiger partial charge on any atom is -0.618 e. The van der Waals surface area contributed by atoms with Crippen LogP contribution in [0.25, 0.3) is 16.8 Å². The van der Waals surface area contributed by atoms with Gasteiger partial charge in [0.1, 0.15) is 12.4 Å². The van der Waals surface area contributed by atoms with Gasteiger partial charge in [0.2, 0.25) is 5.69 Å². The third-order valence-electron chi connectivity index (χ3n) is 5.93. The maximum atomic E-state index is 13.4. The van der Waals surface area contributed by atoms with Gasteiger partial charge in [-0.25, -0.2) is 0 Å². The summed E-state index contributed by atoms with van der Waals surface area (Å²) in [5.41, 5.74) is 3.24. The van der Waals surface area contributed by atoms with Crippen molar-refractivity contribution in [3.8, 4) is 16.8 Å². The maximum absolute atomic E-state index is 13.4. The van der Waals surface area contributed by atoms with Gasteiger partial charge in [0.05, 0.1) is 15.4 Å². The third kappa shape index (κ3) is 5.46. The lowest BCUT2D eigenvalue weighted by atomic mass is 10.0. The number of thiophene rings is 1. The minimum atomic E-state index is -0.627. The lowest BCUT2D eigenvalue weighted by molar-refractivity contribution is -0.615. The molecule has 0 bridgehead atoms. The van der Waals surface area contributed by atoms with Crippen LogP contribution in [0.2, 0.25) is 5.02 Å². The van der Waals surface area contributed by atoms with Crippen LogP contribution in [0.1, 0.15) is 43.6 Å². The highest BCUT2D eigenvalue weighted by molar-refractivity contribution is 7.15. The number of halogens is 1. The van der Waals surface area contributed by atoms with Gasteiger partial charge in [-0.2, -0.15) is 9.41 Å². The molecule has 9 nitrogen and oxygen atoms in total. The molecule has 0 unspecified atom stereocenters. The van der Waals surface area contributed by atoms with Crippen LogP contribution in [0.15, 0.2) is 85.3 Å². The van der Waals surface area contributed by atoms with Gasteiger partial charge in [-0.15, -0.1) is 16.4 Å². The Kier molecular flexibility index (Phi) is 7.25. The summed E-state index contributed by atoms with van der Waals surface area (Å²) in [6.45, 7) is 1.46. The molecule has 3 heterocycles. The Morgan fingerprint density at radius 3 is 2.55 bits per heavy atom. The number of nitrogens with one attached hydrogen (secondary N) is 1. The number of carbonyl (C=O) groups excluding carboxylic acids is 2. The average molecular weight is 545 g/mol. The van der Waals surface area contributed by atoms with Crippen LogP contribution < -0.4 is 10.0 Å². The molecule has 0 radical (unpaired) electrons. The van der Waals surface area contributed by atoms with E-state index in [0.717, 1.165) is 21.6 Å². The summed E-state index contributed by atoms with van der Waals surface area (Å²) in [4.78, 5) is 25.7. The second kappa shape index (κ2) is 10.9. The predicted molar refractivity (Wildman–Crippen MR) is 143 cm³/mol. The third-order valence-corrected chi connectivity index (χ3v) is 7.35. The van der Waals surface area contributed by atoms with Gasteiger partial charge in [0.15, 0.2) is 12.0 Å². The quantitative estimate of drug-likeness (QED) is 0.173. The number of carbonyl (C=O) groups is 2. The first-order valence-corrected chi connectivity index (χ1v) is 12.8. The van der Waals surface area contributed by atoms with Crippen LogP contribution in [0.4, 0.5) is 0 Å². The van der Waals surface area contributed by atoms with E-state index < -0.39 is 6.04 Å². The Bertz CT molecular complexity index is 1600. The van der Waals surface area contributed by atoms with Gasteiger partial charge in [0.25, 0.3) is 5.91 Å². The molecule has 0 spiro atoms. The van der Waals surface area contributed by atoms with Crippen molar-refractivity contribution in [2.24, 2.45) is 0 Å². The first-order valence-electron chi connectivity index (χ1n) is 11.6. The monoisotopic (exact) mass is 544 g/mol. The first kappa shape index (κ1) is 25.2. The molecule has 0 fully saturated rings. The molecule has 0 aliphatic heterocycles. The van der Waals surface area contributed by atoms with Crippen LogP contribution in [-0.2, 0) is 6.42 Å². The number of benzene rings is 2. The number of tetrazole rings is 1. The summed E-state index contributed by atoms with van der Waals surface area (Å²) in [6, 6.07) is 20.9. The molecule has 38 heavy (non-hydrogen) atoms. The lowest BCUT2D eigenvalue weighted by Crippen LogP contribution is -2.40. The molecule has 5 aromatic rings. The maximum Gasteiger partial charge on any atom is 0.262 e. The number of amides is 1. The summed E-state index contributed by atoms with van der Waals surface area (Å²) in [5.74, 6) is -0.465. The Balaban J connectivity index is 1.50. The topological polar surface area (TPSA) is 117 Å². The van der Waals surface area contributed by atoms with Gasteiger partial charge in [0, 0.05) is 28.6 Å². The number of rotatable bonds is 8. The van der Waals surface area contributed by atoms with Gasteiger partial charge in [-0.05, 0) is 59.3 Å². The van der Waals surface area contributed by atoms with E-state index in [9.17, 15) is 14.8 Å². The molecule has 1 amide bonds. The van der Waals surface area contributed by atoms with E-state index in [1.165, 1.54) is 24.1 Å². The molecule has 190 valence electrons. The second-order valence-electron chi connectivity index (χ2n) is 8.52. The number of Topliss-reactive ketones (excluding diaryl/α,β-unsaturated/α-hetero) is 1. The number of nitrogens with zero attached hydrogens (tertiary/aromatic N) is 5. The van der Waals surface area contributed by atoms with Crippen molar-refractivity contribution < 1.29 is 14.3 Å². The van der Waals surface area contributed by atoms with Gasteiger partial charge in [-0.3, -0.25) is 9.59 Å². The normalized spacial score (nSPS) is 11.7. The van der Waals surface area contributed by atoms with Gasteiger partial charge >= 0.3 is 0 Å². The highest BCUT2D eigenvalue weighted by atomic mass is 35.5. The number of hydrogen-bond acceptors (Lipinski definition) is 7. The van der Waals surface area contributed by atoms with Crippen molar-refractivity contribution in [2.45, 2.75) is 19.4 Å². The number of pyridine rings is 1. The number of ketones is 1. The van der Waals surface area contributed by atoms with Gasteiger partial charge < -0.3 is 10.5 Å². The average Bonchev–Trinajstić information content (AvgIpc) is 3.62. The SMILES string of the molecule is CC(=O)c1ccc(C(=O)N[C@@H](Cc2ccccc2)c2ccc(-c3cc(Cl)ccc3-n3cnnn3)c[n+]2[O-])s1. The molecule has 1 N–H and O–H groups in total. The Labute approximate surface area is 226 Å². The highest BCUT2D eigenvalue weighted by Gasteiger charge is 2.25. The fraction of sp³-hybridized carbons (Fsp3) is 0.111. The molecule has 11 heteroatoms. The molecule has 0 saturated heterocycles. The van der Waals surface area contributed by atoms with E-state index in [1.807, 2.05) is 30.3 Å². The van der Waals surface area contributed by atoms with E-state index in [1.54, 1.807) is 42.5 Å². The number of aromatic nitrogens is 5. The van der Waals surface area contributed by atoms with E-state index in [0.29, 0.717) is 43.7 Å². The largest absolute Gasteiger partial charge is 0.618 e. The van der Waals surface area contributed by atoms with E-state index in [-0.39, 0.29) is 11.7 Å². The standard InChI is InChI=1S/C27H21ClN6O3S/c1-17(35)25-11-12-26(38-25)27(36)30-22(13-18-5-3-2-4-6-18)24-9-7-19(15-34(24)37)21-14-20(28)8-10-23(21)33-16-29-31-32-33/h2-12,14-16,22H,13H2,1H3,(H,30,36)/t22-/m0/s1. The van der Waals surface area contributed by atoms with Crippen LogP contribution in [0.3, 0.4) is 0 Å². The smallest absolute Gasteiger partial charge is 0.262 e. The van der Waals surface area contributed by atoms with E-state index in [2.05, 4.69) is 20.8 Å². The van der Waals surface area contributed by atoms with Crippen molar-refractivity contribution in [3.05, 3.63) is 117 Å². The summed E-state index contributed by atoms with van der Waals surface area (Å²) in [7, 11) is 0. The Morgan fingerprint density at radius 2 is 1.87 bits per heavy atom. The predicted octanol–water partition coefficient (Wildman–Crippen LogP) is 4.59. The zero-order valence-electron chi connectivity index (χ0n) is 20.1. The molecule has 0 aliphatic carbocycles. The molecule has 2 aromatic carbocycles. The molecule has 1 atom stereocenters. The summed E-state index contributed by atoms with van der Waals surface area (Å²) in [5, 5.41) is 28.2. The summed E-state index contributed by atoms with van der Waals surface area (Å²) in [6.07, 6.45) is 3.30. The molecular weight excluding hydrogens is 524 g/mol. The van der Waals surface area contributed by atoms with E-state index in [4.69, 9.17) is 11.6 Å². The zero-order chi connectivity index (χ0) is 26.6. The Morgan fingerprint density at radius 1 is 1.08 bits per heavy atom. The van der Waals surface area contributed by atoms with Crippen LogP contribution in [0, 0.1) is 5.21 Å². The molecule has 5 rings (SSSR count). The van der Waals surface area contributed by atoms with Gasteiger partial charge in [-0.1, -0.05) is 41.9 Å². The van der Waals surface area contributed by atoms with Crippen molar-refractivity contribution >= 4 is 34.6 Å².